The number of nitrogens with zero attached hydrogens (tertiary/aromatic N) is 4. The molecule has 0 fully saturated rings. The average Bonchev–Trinajstić information content (AvgIpc) is 3.28. The van der Waals surface area contributed by atoms with Crippen molar-refractivity contribution < 1.29 is 0 Å². The van der Waals surface area contributed by atoms with Crippen LogP contribution in [-0.2, 0) is 13.0 Å². The predicted octanol–water partition coefficient (Wildman–Crippen LogP) is 4.34. The average molecular weight is 361 g/mol. The van der Waals surface area contributed by atoms with Crippen molar-refractivity contribution in [1.29, 1.82) is 0 Å². The third-order valence-electron chi connectivity index (χ3n) is 4.24. The summed E-state index contributed by atoms with van der Waals surface area (Å²) >= 11 is 1.72. The second-order valence-corrected chi connectivity index (χ2v) is 6.96. The van der Waals surface area contributed by atoms with Crippen LogP contribution in [0, 0.1) is 0 Å². The van der Waals surface area contributed by atoms with Crippen molar-refractivity contribution in [1.82, 2.24) is 24.7 Å². The number of nitrogens with one attached hydrogen (secondary N) is 1. The van der Waals surface area contributed by atoms with E-state index in [9.17, 15) is 0 Å². The van der Waals surface area contributed by atoms with Crippen molar-refractivity contribution in [2.75, 3.05) is 5.75 Å². The summed E-state index contributed by atoms with van der Waals surface area (Å²) in [6.07, 6.45) is 8.48. The lowest BCUT2D eigenvalue weighted by molar-refractivity contribution is 0.731. The molecule has 0 saturated carbocycles. The molecule has 26 heavy (non-hydrogen) atoms. The number of aromatic nitrogens is 5. The maximum atomic E-state index is 4.39. The van der Waals surface area contributed by atoms with Crippen molar-refractivity contribution in [3.8, 4) is 11.4 Å². The van der Waals surface area contributed by atoms with Gasteiger partial charge in [-0.3, -0.25) is 9.55 Å². The van der Waals surface area contributed by atoms with Gasteiger partial charge in [-0.1, -0.05) is 36.0 Å². The van der Waals surface area contributed by atoms with E-state index in [1.165, 1.54) is 16.5 Å². The molecule has 0 unspecified atom stereocenters. The molecule has 4 rings (SSSR count). The highest BCUT2D eigenvalue weighted by molar-refractivity contribution is 7.99. The summed E-state index contributed by atoms with van der Waals surface area (Å²) in [7, 11) is 0. The quantitative estimate of drug-likeness (QED) is 0.393. The Morgan fingerprint density at radius 3 is 2.81 bits per heavy atom. The first-order valence-electron chi connectivity index (χ1n) is 8.49. The molecular formula is C20H19N5S. The molecule has 4 aromatic rings. The first-order valence-corrected chi connectivity index (χ1v) is 9.47. The number of aryl methyl sites for hydroxylation is 1. The van der Waals surface area contributed by atoms with Gasteiger partial charge in [-0.05, 0) is 30.2 Å². The topological polar surface area (TPSA) is 59.4 Å². The fraction of sp³-hybridized carbons (Fsp3) is 0.150. The highest BCUT2D eigenvalue weighted by Gasteiger charge is 2.13. The maximum Gasteiger partial charge on any atom is 0.191 e. The number of rotatable bonds is 7. The first kappa shape index (κ1) is 16.6. The van der Waals surface area contributed by atoms with E-state index in [-0.39, 0.29) is 0 Å². The van der Waals surface area contributed by atoms with Crippen LogP contribution in [0.1, 0.15) is 5.56 Å². The zero-order chi connectivity index (χ0) is 17.8. The van der Waals surface area contributed by atoms with Gasteiger partial charge in [0.15, 0.2) is 11.0 Å². The second kappa shape index (κ2) is 7.58. The Balaban J connectivity index is 1.51. The highest BCUT2D eigenvalue weighted by atomic mass is 32.2. The van der Waals surface area contributed by atoms with Crippen LogP contribution in [0.5, 0.6) is 0 Å². The van der Waals surface area contributed by atoms with Crippen molar-refractivity contribution in [3.63, 3.8) is 0 Å². The Hall–Kier alpha value is -2.86. The minimum absolute atomic E-state index is 0.681. The highest BCUT2D eigenvalue weighted by Crippen LogP contribution is 2.25. The molecule has 0 amide bonds. The molecule has 3 heterocycles. The molecule has 0 atom stereocenters. The van der Waals surface area contributed by atoms with Crippen LogP contribution in [0.2, 0.25) is 0 Å². The Morgan fingerprint density at radius 2 is 1.96 bits per heavy atom. The fourth-order valence-corrected chi connectivity index (χ4v) is 3.91. The third kappa shape index (κ3) is 3.28. The van der Waals surface area contributed by atoms with E-state index in [1.54, 1.807) is 24.2 Å². The molecule has 0 spiro atoms. The van der Waals surface area contributed by atoms with Crippen LogP contribution < -0.4 is 0 Å². The molecule has 6 heteroatoms. The smallest absolute Gasteiger partial charge is 0.191 e. The first-order chi connectivity index (χ1) is 12.9. The van der Waals surface area contributed by atoms with Gasteiger partial charge in [-0.25, -0.2) is 0 Å². The van der Waals surface area contributed by atoms with Gasteiger partial charge in [-0.2, -0.15) is 0 Å². The lowest BCUT2D eigenvalue weighted by Crippen LogP contribution is -2.01. The number of allylic oxidation sites excluding steroid dienone is 1. The summed E-state index contributed by atoms with van der Waals surface area (Å²) in [6.45, 7) is 4.55. The third-order valence-corrected chi connectivity index (χ3v) is 5.21. The van der Waals surface area contributed by atoms with Gasteiger partial charge in [-0.15, -0.1) is 16.8 Å². The molecule has 0 aliphatic heterocycles. The molecule has 130 valence electrons. The summed E-state index contributed by atoms with van der Waals surface area (Å²) in [6, 6.07) is 12.3. The van der Waals surface area contributed by atoms with E-state index in [4.69, 9.17) is 0 Å². The summed E-state index contributed by atoms with van der Waals surface area (Å²) in [5.41, 5.74) is 3.53. The van der Waals surface area contributed by atoms with Crippen LogP contribution in [0.25, 0.3) is 22.3 Å². The largest absolute Gasteiger partial charge is 0.361 e. The maximum absolute atomic E-state index is 4.39. The summed E-state index contributed by atoms with van der Waals surface area (Å²) in [5, 5.41) is 11.0. The van der Waals surface area contributed by atoms with Crippen LogP contribution >= 0.6 is 11.8 Å². The number of hydrogen-bond acceptors (Lipinski definition) is 4. The standard InChI is InChI=1S/C20H19N5S/c1-2-12-25-19(15-7-10-21-11-8-15)23-24-20(25)26-13-9-16-14-22-18-6-4-3-5-17(16)18/h2-8,10-11,14,22H,1,9,12-13H2. The van der Waals surface area contributed by atoms with Crippen LogP contribution in [0.3, 0.4) is 0 Å². The van der Waals surface area contributed by atoms with E-state index < -0.39 is 0 Å². The Morgan fingerprint density at radius 1 is 1.12 bits per heavy atom. The number of H-pyrrole nitrogens is 1. The van der Waals surface area contributed by atoms with Crippen molar-refractivity contribution in [3.05, 3.63) is 73.2 Å². The van der Waals surface area contributed by atoms with Gasteiger partial charge in [0.25, 0.3) is 0 Å². The SMILES string of the molecule is C=CCn1c(SCCc2c[nH]c3ccccc23)nnc1-c1ccncc1. The zero-order valence-electron chi connectivity index (χ0n) is 14.3. The molecule has 0 bridgehead atoms. The second-order valence-electron chi connectivity index (χ2n) is 5.90. The molecule has 5 nitrogen and oxygen atoms in total. The predicted molar refractivity (Wildman–Crippen MR) is 106 cm³/mol. The Bertz CT molecular complexity index is 1020. The molecular weight excluding hydrogens is 342 g/mol. The van der Waals surface area contributed by atoms with Crippen molar-refractivity contribution in [2.45, 2.75) is 18.1 Å². The molecule has 0 aliphatic rings. The molecule has 0 saturated heterocycles. The fourth-order valence-electron chi connectivity index (χ4n) is 2.99. The number of pyridine rings is 1. The zero-order valence-corrected chi connectivity index (χ0v) is 15.1. The number of para-hydroxylation sites is 1. The summed E-state index contributed by atoms with van der Waals surface area (Å²) in [4.78, 5) is 7.40. The number of hydrogen-bond donors (Lipinski definition) is 1. The van der Waals surface area contributed by atoms with E-state index >= 15 is 0 Å². The molecule has 3 aromatic heterocycles. The van der Waals surface area contributed by atoms with Gasteiger partial charge in [0.1, 0.15) is 0 Å². The Labute approximate surface area is 156 Å². The lowest BCUT2D eigenvalue weighted by atomic mass is 10.1. The van der Waals surface area contributed by atoms with Crippen LogP contribution in [-0.4, -0.2) is 30.5 Å². The van der Waals surface area contributed by atoms with Gasteiger partial charge in [0, 0.05) is 47.4 Å². The van der Waals surface area contributed by atoms with E-state index in [0.717, 1.165) is 28.7 Å². The normalized spacial score (nSPS) is 11.1. The molecule has 0 aliphatic carbocycles. The van der Waals surface area contributed by atoms with Crippen LogP contribution in [0.4, 0.5) is 0 Å². The van der Waals surface area contributed by atoms with Gasteiger partial charge in [0.05, 0.1) is 0 Å². The van der Waals surface area contributed by atoms with E-state index in [2.05, 4.69) is 61.8 Å². The van der Waals surface area contributed by atoms with Crippen molar-refractivity contribution in [2.24, 2.45) is 0 Å². The number of aromatic amines is 1. The minimum atomic E-state index is 0.681. The molecule has 1 N–H and O–H groups in total. The minimum Gasteiger partial charge on any atom is -0.361 e. The molecule has 1 aromatic carbocycles. The number of fused-ring (bicyclic) bond motifs is 1. The summed E-state index contributed by atoms with van der Waals surface area (Å²) in [5.74, 6) is 1.79. The number of thioether (sulfide) groups is 1. The summed E-state index contributed by atoms with van der Waals surface area (Å²) < 4.78 is 2.10. The lowest BCUT2D eigenvalue weighted by Gasteiger charge is -2.07. The van der Waals surface area contributed by atoms with Gasteiger partial charge < -0.3 is 4.98 Å². The van der Waals surface area contributed by atoms with E-state index in [1.807, 2.05) is 18.2 Å². The van der Waals surface area contributed by atoms with Gasteiger partial charge in [0.2, 0.25) is 0 Å². The van der Waals surface area contributed by atoms with Crippen molar-refractivity contribution >= 4 is 22.7 Å². The van der Waals surface area contributed by atoms with Gasteiger partial charge >= 0.3 is 0 Å². The number of benzene rings is 1. The molecule has 0 radical (unpaired) electrons. The van der Waals surface area contributed by atoms with Crippen LogP contribution in [0.15, 0.2) is 72.8 Å². The van der Waals surface area contributed by atoms with E-state index in [0.29, 0.717) is 6.54 Å². The monoisotopic (exact) mass is 361 g/mol. The Kier molecular flexibility index (Phi) is 4.84.